The number of carbonyl (C=O) groups excluding carboxylic acids is 1. The van der Waals surface area contributed by atoms with Crippen LogP contribution in [0.5, 0.6) is 5.75 Å². The second-order valence-corrected chi connectivity index (χ2v) is 11.1. The molecule has 6 nitrogen and oxygen atoms in total. The lowest BCUT2D eigenvalue weighted by Gasteiger charge is -2.43. The minimum absolute atomic E-state index is 0.301. The fourth-order valence-electron chi connectivity index (χ4n) is 4.98. The van der Waals surface area contributed by atoms with Gasteiger partial charge in [0.05, 0.1) is 14.2 Å². The molecule has 0 atom stereocenters. The number of benzene rings is 2. The largest absolute Gasteiger partial charge is 0.497 e. The molecule has 0 amide bonds. The molecule has 4 rings (SSSR count). The van der Waals surface area contributed by atoms with Crippen LogP contribution in [0.3, 0.4) is 0 Å². The number of sulfonamides is 1. The van der Waals surface area contributed by atoms with E-state index in [0.29, 0.717) is 31.8 Å². The zero-order chi connectivity index (χ0) is 22.9. The summed E-state index contributed by atoms with van der Waals surface area (Å²) < 4.78 is 36.8. The van der Waals surface area contributed by atoms with Crippen molar-refractivity contribution in [3.05, 3.63) is 53.6 Å². The molecule has 2 aromatic rings. The summed E-state index contributed by atoms with van der Waals surface area (Å²) in [4.78, 5) is 12.3. The molecule has 2 aliphatic rings. The van der Waals surface area contributed by atoms with Crippen molar-refractivity contribution >= 4 is 16.0 Å². The molecule has 0 aromatic heterocycles. The first-order valence-corrected chi connectivity index (χ1v) is 12.6. The molecule has 0 bridgehead atoms. The molecular formula is C25H31NO5S. The monoisotopic (exact) mass is 457 g/mol. The predicted molar refractivity (Wildman–Crippen MR) is 124 cm³/mol. The summed E-state index contributed by atoms with van der Waals surface area (Å²) in [5, 5.41) is 0. The Bertz CT molecular complexity index is 1100. The van der Waals surface area contributed by atoms with Crippen LogP contribution in [-0.4, -0.2) is 50.7 Å². The third-order valence-corrected chi connectivity index (χ3v) is 9.72. The van der Waals surface area contributed by atoms with Crippen LogP contribution in [0, 0.1) is 6.92 Å². The normalized spacial score (nSPS) is 19.2. The number of nitrogens with zero attached hydrogens (tertiary/aromatic N) is 1. The molecule has 32 heavy (non-hydrogen) atoms. The Hall–Kier alpha value is -2.38. The molecule has 2 aromatic carbocycles. The molecule has 0 unspecified atom stereocenters. The first kappa shape index (κ1) is 22.8. The lowest BCUT2D eigenvalue weighted by Crippen LogP contribution is -2.59. The summed E-state index contributed by atoms with van der Waals surface area (Å²) >= 11 is 0. The van der Waals surface area contributed by atoms with Crippen LogP contribution in [0.2, 0.25) is 0 Å². The van der Waals surface area contributed by atoms with Gasteiger partial charge in [0.2, 0.25) is 10.0 Å². The zero-order valence-electron chi connectivity index (χ0n) is 19.0. The van der Waals surface area contributed by atoms with Crippen molar-refractivity contribution in [2.24, 2.45) is 0 Å². The van der Waals surface area contributed by atoms with Gasteiger partial charge in [0, 0.05) is 13.1 Å². The Labute approximate surface area is 190 Å². The number of esters is 1. The van der Waals surface area contributed by atoms with Gasteiger partial charge in [-0.15, -0.1) is 0 Å². The topological polar surface area (TPSA) is 72.9 Å². The number of methoxy groups -OCH3 is 2. The molecule has 1 aliphatic carbocycles. The van der Waals surface area contributed by atoms with E-state index in [4.69, 9.17) is 9.47 Å². The lowest BCUT2D eigenvalue weighted by atomic mass is 9.84. The van der Waals surface area contributed by atoms with Gasteiger partial charge in [0.15, 0.2) is 4.75 Å². The van der Waals surface area contributed by atoms with Crippen LogP contribution < -0.4 is 4.74 Å². The van der Waals surface area contributed by atoms with Crippen molar-refractivity contribution in [2.45, 2.75) is 49.7 Å². The van der Waals surface area contributed by atoms with E-state index in [9.17, 15) is 13.2 Å². The van der Waals surface area contributed by atoms with Gasteiger partial charge in [0.25, 0.3) is 0 Å². The van der Waals surface area contributed by atoms with Crippen molar-refractivity contribution in [2.75, 3.05) is 27.3 Å². The third kappa shape index (κ3) is 3.82. The highest BCUT2D eigenvalue weighted by molar-refractivity contribution is 7.91. The van der Waals surface area contributed by atoms with E-state index < -0.39 is 20.7 Å². The fraction of sp³-hybridized carbons (Fsp3) is 0.480. The number of piperidine rings is 1. The van der Waals surface area contributed by atoms with E-state index in [-0.39, 0.29) is 0 Å². The molecule has 0 spiro atoms. The van der Waals surface area contributed by atoms with Gasteiger partial charge < -0.3 is 9.47 Å². The van der Waals surface area contributed by atoms with E-state index in [1.807, 2.05) is 18.2 Å². The molecule has 1 saturated carbocycles. The second-order valence-electron chi connectivity index (χ2n) is 8.82. The maximum atomic E-state index is 13.3. The zero-order valence-corrected chi connectivity index (χ0v) is 19.8. The second kappa shape index (κ2) is 8.87. The molecule has 0 N–H and O–H groups in total. The average Bonchev–Trinajstić information content (AvgIpc) is 2.78. The van der Waals surface area contributed by atoms with Crippen molar-refractivity contribution in [1.29, 1.82) is 0 Å². The lowest BCUT2D eigenvalue weighted by molar-refractivity contribution is -0.146. The van der Waals surface area contributed by atoms with Gasteiger partial charge >= 0.3 is 5.97 Å². The summed E-state index contributed by atoms with van der Waals surface area (Å²) in [6.45, 7) is 2.97. The molecular weight excluding hydrogens is 426 g/mol. The van der Waals surface area contributed by atoms with Crippen LogP contribution in [0.15, 0.2) is 42.5 Å². The van der Waals surface area contributed by atoms with Crippen molar-refractivity contribution in [3.63, 3.8) is 0 Å². The van der Waals surface area contributed by atoms with Crippen LogP contribution in [0.25, 0.3) is 11.1 Å². The van der Waals surface area contributed by atoms with Crippen molar-refractivity contribution in [1.82, 2.24) is 4.31 Å². The number of hydrogen-bond acceptors (Lipinski definition) is 5. The smallest absolute Gasteiger partial charge is 0.328 e. The quantitative estimate of drug-likeness (QED) is 0.606. The number of hydrogen-bond donors (Lipinski definition) is 0. The number of rotatable bonds is 6. The SMILES string of the molecule is COC(=O)C1(S(=O)(=O)N2CCC(c3ccc(-c4cccc(OC)c4)c(C)c3)CC2)CCC1. The standard InChI is InChI=1S/C25H31NO5S/c1-18-16-20(8-9-23(18)21-6-4-7-22(17-21)30-2)19-10-14-26(15-11-19)32(28,29)25(12-5-13-25)24(27)31-3/h4,6-9,16-17,19H,5,10-15H2,1-3H3. The van der Waals surface area contributed by atoms with Crippen molar-refractivity contribution < 1.29 is 22.7 Å². The Morgan fingerprint density at radius 2 is 1.78 bits per heavy atom. The van der Waals surface area contributed by atoms with E-state index >= 15 is 0 Å². The molecule has 2 fully saturated rings. The van der Waals surface area contributed by atoms with Crippen LogP contribution in [0.1, 0.15) is 49.1 Å². The summed E-state index contributed by atoms with van der Waals surface area (Å²) in [6.07, 6.45) is 2.94. The van der Waals surface area contributed by atoms with Crippen molar-refractivity contribution in [3.8, 4) is 16.9 Å². The number of ether oxygens (including phenoxy) is 2. The fourth-order valence-corrected chi connectivity index (χ4v) is 7.27. The molecule has 1 aliphatic heterocycles. The van der Waals surface area contributed by atoms with Crippen LogP contribution in [0.4, 0.5) is 0 Å². The molecule has 1 heterocycles. The van der Waals surface area contributed by atoms with Gasteiger partial charge in [-0.3, -0.25) is 4.79 Å². The van der Waals surface area contributed by atoms with E-state index in [2.05, 4.69) is 31.2 Å². The Morgan fingerprint density at radius 3 is 2.34 bits per heavy atom. The van der Waals surface area contributed by atoms with Crippen LogP contribution in [-0.2, 0) is 19.6 Å². The highest BCUT2D eigenvalue weighted by Crippen LogP contribution is 2.44. The Balaban J connectivity index is 1.48. The predicted octanol–water partition coefficient (Wildman–Crippen LogP) is 4.28. The summed E-state index contributed by atoms with van der Waals surface area (Å²) in [7, 11) is -0.783. The minimum atomic E-state index is -3.71. The molecule has 172 valence electrons. The molecule has 1 saturated heterocycles. The maximum Gasteiger partial charge on any atom is 0.328 e. The Kier molecular flexibility index (Phi) is 6.32. The van der Waals surface area contributed by atoms with Gasteiger partial charge in [-0.05, 0) is 79.3 Å². The van der Waals surface area contributed by atoms with E-state index in [1.54, 1.807) is 7.11 Å². The maximum absolute atomic E-state index is 13.3. The van der Waals surface area contributed by atoms with Crippen LogP contribution >= 0.6 is 0 Å². The third-order valence-electron chi connectivity index (χ3n) is 7.11. The molecule has 7 heteroatoms. The highest BCUT2D eigenvalue weighted by Gasteiger charge is 2.58. The summed E-state index contributed by atoms with van der Waals surface area (Å²) in [5.41, 5.74) is 4.70. The highest BCUT2D eigenvalue weighted by atomic mass is 32.2. The first-order valence-electron chi connectivity index (χ1n) is 11.2. The first-order chi connectivity index (χ1) is 15.3. The summed E-state index contributed by atoms with van der Waals surface area (Å²) in [5.74, 6) is 0.514. The number of aryl methyl sites for hydroxylation is 1. The molecule has 0 radical (unpaired) electrons. The Morgan fingerprint density at radius 1 is 1.06 bits per heavy atom. The van der Waals surface area contributed by atoms with Gasteiger partial charge in [-0.2, -0.15) is 0 Å². The summed E-state index contributed by atoms with van der Waals surface area (Å²) in [6, 6.07) is 14.5. The van der Waals surface area contributed by atoms with E-state index in [1.165, 1.54) is 22.5 Å². The van der Waals surface area contributed by atoms with Gasteiger partial charge in [0.1, 0.15) is 5.75 Å². The van der Waals surface area contributed by atoms with E-state index in [0.717, 1.165) is 36.1 Å². The van der Waals surface area contributed by atoms with Gasteiger partial charge in [-0.1, -0.05) is 30.3 Å². The minimum Gasteiger partial charge on any atom is -0.497 e. The number of carbonyl (C=O) groups is 1. The average molecular weight is 458 g/mol. The van der Waals surface area contributed by atoms with Gasteiger partial charge in [-0.25, -0.2) is 12.7 Å².